The van der Waals surface area contributed by atoms with E-state index in [0.717, 1.165) is 72.8 Å². The van der Waals surface area contributed by atoms with E-state index < -0.39 is 5.72 Å². The Bertz CT molecular complexity index is 2200. The van der Waals surface area contributed by atoms with Gasteiger partial charge in [-0.05, 0) is 96.6 Å². The Morgan fingerprint density at radius 3 is 2.12 bits per heavy atom. The zero-order valence-corrected chi connectivity index (χ0v) is 38.0. The molecule has 10 nitrogen and oxygen atoms in total. The van der Waals surface area contributed by atoms with Crippen LogP contribution in [-0.4, -0.2) is 94.2 Å². The van der Waals surface area contributed by atoms with Crippen molar-refractivity contribution in [1.29, 1.82) is 0 Å². The van der Waals surface area contributed by atoms with Crippen molar-refractivity contribution in [3.05, 3.63) is 113 Å². The fraction of sp³-hybridized carbons (Fsp3) is 0.458. The monoisotopic (exact) mass is 848 g/mol. The molecule has 0 spiro atoms. The van der Waals surface area contributed by atoms with E-state index in [9.17, 15) is 9.59 Å². The molecule has 0 radical (unpaired) electrons. The number of nitrogens with one attached hydrogen (secondary N) is 2. The highest BCUT2D eigenvalue weighted by molar-refractivity contribution is 8.77. The van der Waals surface area contributed by atoms with Crippen molar-refractivity contribution in [3.8, 4) is 0 Å². The molecule has 5 aliphatic rings. The first-order chi connectivity index (χ1) is 28.6. The van der Waals surface area contributed by atoms with Crippen LogP contribution >= 0.6 is 21.6 Å². The molecule has 3 aromatic carbocycles. The molecule has 12 heteroatoms. The summed E-state index contributed by atoms with van der Waals surface area (Å²) in [6.07, 6.45) is 11.2. The fourth-order valence-corrected chi connectivity index (χ4v) is 11.8. The van der Waals surface area contributed by atoms with Crippen LogP contribution in [0.25, 0.3) is 6.08 Å². The third kappa shape index (κ3) is 7.51. The molecule has 3 fully saturated rings. The number of aryl methyl sites for hydroxylation is 1. The third-order valence-corrected chi connectivity index (χ3v) is 15.7. The van der Waals surface area contributed by atoms with E-state index in [4.69, 9.17) is 9.47 Å². The normalized spacial score (nSPS) is 24.4. The standard InChI is InChI=1S/C48H60N6O4S2/c1-45(2)39-29-35(13-19-41(39)53-25-27-57-47(45,53)23-21-33-9-15-37(16-10-33)51(5)6)49-43(55)31-59-60-32-44(56)50-36-14-20-42-40(30-36)46(3,4)48(54(42)26-28-58-48)24-22-34-11-17-38(18-12-34)52(7)8/h9-21,23,29,40H,22,24-28,30-32H2,1-8H3,(H,49,55)(H,50,56)/b23-21+. The highest BCUT2D eigenvalue weighted by Gasteiger charge is 2.64. The van der Waals surface area contributed by atoms with Crippen LogP contribution in [0.15, 0.2) is 96.4 Å². The molecule has 318 valence electrons. The molecule has 0 saturated carbocycles. The summed E-state index contributed by atoms with van der Waals surface area (Å²) in [5, 5.41) is 6.28. The topological polar surface area (TPSA) is 89.6 Å². The van der Waals surface area contributed by atoms with Gasteiger partial charge in [0.25, 0.3) is 0 Å². The van der Waals surface area contributed by atoms with Gasteiger partial charge in [-0.3, -0.25) is 9.59 Å². The first-order valence-electron chi connectivity index (χ1n) is 21.1. The maximum absolute atomic E-state index is 13.2. The Balaban J connectivity index is 0.819. The summed E-state index contributed by atoms with van der Waals surface area (Å²) < 4.78 is 13.3. The maximum atomic E-state index is 13.2. The van der Waals surface area contributed by atoms with Gasteiger partial charge in [-0.15, -0.1) is 0 Å². The van der Waals surface area contributed by atoms with Crippen molar-refractivity contribution in [2.45, 2.75) is 63.8 Å². The number of anilines is 4. The van der Waals surface area contributed by atoms with Crippen LogP contribution in [0.3, 0.4) is 0 Å². The number of hydrogen-bond donors (Lipinski definition) is 2. The van der Waals surface area contributed by atoms with Crippen LogP contribution in [0.4, 0.5) is 22.7 Å². The van der Waals surface area contributed by atoms with E-state index in [1.807, 2.05) is 20.2 Å². The van der Waals surface area contributed by atoms with Crippen molar-refractivity contribution < 1.29 is 19.1 Å². The summed E-state index contributed by atoms with van der Waals surface area (Å²) in [5.41, 5.74) is 8.52. The molecule has 2 N–H and O–H groups in total. The van der Waals surface area contributed by atoms with E-state index in [1.165, 1.54) is 38.5 Å². The fourth-order valence-electron chi connectivity index (χ4n) is 10.1. The lowest BCUT2D eigenvalue weighted by Crippen LogP contribution is -2.51. The summed E-state index contributed by atoms with van der Waals surface area (Å²) in [5.74, 6) is 0.563. The molecule has 8 rings (SSSR count). The largest absolute Gasteiger partial charge is 0.378 e. The van der Waals surface area contributed by atoms with E-state index in [2.05, 4.69) is 157 Å². The number of carbonyl (C=O) groups is 2. The van der Waals surface area contributed by atoms with Crippen molar-refractivity contribution in [2.75, 3.05) is 86.0 Å². The first kappa shape index (κ1) is 42.3. The summed E-state index contributed by atoms with van der Waals surface area (Å²) in [4.78, 5) is 35.4. The van der Waals surface area contributed by atoms with Crippen molar-refractivity contribution in [1.82, 2.24) is 10.2 Å². The second-order valence-corrected chi connectivity index (χ2v) is 20.6. The zero-order chi connectivity index (χ0) is 42.5. The van der Waals surface area contributed by atoms with Crippen LogP contribution in [0, 0.1) is 11.3 Å². The molecule has 3 atom stereocenters. The molecule has 3 saturated heterocycles. The Kier molecular flexibility index (Phi) is 11.6. The Morgan fingerprint density at radius 2 is 1.43 bits per heavy atom. The average molecular weight is 849 g/mol. The number of nitrogens with zero attached hydrogens (tertiary/aromatic N) is 4. The molecule has 4 aliphatic heterocycles. The quantitative estimate of drug-likeness (QED) is 0.122. The minimum absolute atomic E-state index is 0.0587. The van der Waals surface area contributed by atoms with Crippen LogP contribution < -0.4 is 25.3 Å². The Labute approximate surface area is 364 Å². The van der Waals surface area contributed by atoms with Gasteiger partial charge in [-0.1, -0.05) is 79.6 Å². The van der Waals surface area contributed by atoms with E-state index in [0.29, 0.717) is 6.61 Å². The number of ether oxygens (including phenoxy) is 2. The molecule has 3 unspecified atom stereocenters. The van der Waals surface area contributed by atoms with E-state index in [-0.39, 0.29) is 45.8 Å². The molecular formula is C48H60N6O4S2. The third-order valence-electron chi connectivity index (χ3n) is 13.6. The van der Waals surface area contributed by atoms with Gasteiger partial charge >= 0.3 is 0 Å². The summed E-state index contributed by atoms with van der Waals surface area (Å²) >= 11 is 0. The number of hydrogen-bond acceptors (Lipinski definition) is 10. The number of benzene rings is 3. The predicted molar refractivity (Wildman–Crippen MR) is 250 cm³/mol. The summed E-state index contributed by atoms with van der Waals surface area (Å²) in [6.45, 7) is 12.1. The molecule has 4 heterocycles. The van der Waals surface area contributed by atoms with Crippen molar-refractivity contribution in [3.63, 3.8) is 0 Å². The number of carbonyl (C=O) groups excluding carboxylic acids is 2. The molecule has 0 aromatic heterocycles. The maximum Gasteiger partial charge on any atom is 0.235 e. The average Bonchev–Trinajstić information content (AvgIpc) is 3.95. The summed E-state index contributed by atoms with van der Waals surface area (Å²) in [7, 11) is 11.0. The highest BCUT2D eigenvalue weighted by Crippen LogP contribution is 2.61. The second kappa shape index (κ2) is 16.5. The highest BCUT2D eigenvalue weighted by atomic mass is 33.1. The Morgan fingerprint density at radius 1 is 0.800 bits per heavy atom. The van der Waals surface area contributed by atoms with Gasteiger partial charge in [0.1, 0.15) is 5.72 Å². The van der Waals surface area contributed by atoms with Crippen LogP contribution in [0.2, 0.25) is 0 Å². The van der Waals surface area contributed by atoms with Crippen LogP contribution in [-0.2, 0) is 30.9 Å². The van der Waals surface area contributed by atoms with E-state index >= 15 is 0 Å². The lowest BCUT2D eigenvalue weighted by molar-refractivity contribution is -0.135. The van der Waals surface area contributed by atoms with Gasteiger partial charge in [0.2, 0.25) is 11.8 Å². The van der Waals surface area contributed by atoms with Crippen LogP contribution in [0.5, 0.6) is 0 Å². The minimum Gasteiger partial charge on any atom is -0.378 e. The lowest BCUT2D eigenvalue weighted by atomic mass is 9.69. The SMILES string of the molecule is CN(C)c1ccc(/C=C/C23OCCN2c2ccc(NC(=O)CSSCC(=O)NC4=CC=C5C(C4)C(C)(C)C4(CCc6ccc(N(C)C)cc6)OCCN54)cc2C3(C)C)cc1. The van der Waals surface area contributed by atoms with Crippen LogP contribution in [0.1, 0.15) is 57.2 Å². The zero-order valence-electron chi connectivity index (χ0n) is 36.3. The van der Waals surface area contributed by atoms with Crippen molar-refractivity contribution in [2.24, 2.45) is 11.3 Å². The molecule has 0 bridgehead atoms. The van der Waals surface area contributed by atoms with E-state index in [1.54, 1.807) is 0 Å². The summed E-state index contributed by atoms with van der Waals surface area (Å²) in [6, 6.07) is 23.5. The first-order valence-corrected chi connectivity index (χ1v) is 23.6. The second-order valence-electron chi connectivity index (χ2n) is 18.1. The molecule has 1 aliphatic carbocycles. The van der Waals surface area contributed by atoms with Gasteiger partial charge in [-0.2, -0.15) is 0 Å². The Hall–Kier alpha value is -4.36. The van der Waals surface area contributed by atoms with Gasteiger partial charge in [-0.25, -0.2) is 0 Å². The minimum atomic E-state index is -0.627. The smallest absolute Gasteiger partial charge is 0.235 e. The van der Waals surface area contributed by atoms with Crippen molar-refractivity contribution >= 4 is 62.2 Å². The predicted octanol–water partition coefficient (Wildman–Crippen LogP) is 8.28. The molecule has 3 aromatic rings. The van der Waals surface area contributed by atoms with Gasteiger partial charge < -0.3 is 39.7 Å². The number of fused-ring (bicyclic) bond motifs is 6. The molecular weight excluding hydrogens is 789 g/mol. The van der Waals surface area contributed by atoms with Gasteiger partial charge in [0.05, 0.1) is 24.7 Å². The van der Waals surface area contributed by atoms with Gasteiger partial charge in [0.15, 0.2) is 5.72 Å². The number of amides is 2. The number of allylic oxidation sites excluding steroid dienone is 4. The molecule has 2 amide bonds. The number of rotatable bonds is 14. The molecule has 60 heavy (non-hydrogen) atoms. The van der Waals surface area contributed by atoms with Gasteiger partial charge in [0, 0.05) is 92.2 Å². The lowest BCUT2D eigenvalue weighted by Gasteiger charge is -2.43.